The predicted octanol–water partition coefficient (Wildman–Crippen LogP) is 4.33. The van der Waals surface area contributed by atoms with Gasteiger partial charge in [-0.15, -0.1) is 0 Å². The number of anilines is 1. The van der Waals surface area contributed by atoms with E-state index in [0.29, 0.717) is 23.7 Å². The molecule has 3 N–H and O–H groups in total. The minimum absolute atomic E-state index is 0.0139. The van der Waals surface area contributed by atoms with Crippen molar-refractivity contribution in [2.75, 3.05) is 5.32 Å². The van der Waals surface area contributed by atoms with Gasteiger partial charge in [0, 0.05) is 42.7 Å². The maximum absolute atomic E-state index is 13.1. The van der Waals surface area contributed by atoms with Crippen molar-refractivity contribution in [2.45, 2.75) is 78.4 Å². The number of carbonyl (C=O) groups excluding carboxylic acids is 2. The van der Waals surface area contributed by atoms with Crippen molar-refractivity contribution < 1.29 is 9.59 Å². The third-order valence-corrected chi connectivity index (χ3v) is 5.26. The molecule has 0 bridgehead atoms. The Balaban J connectivity index is 2.30. The molecule has 6 heteroatoms. The van der Waals surface area contributed by atoms with Gasteiger partial charge in [-0.2, -0.15) is 0 Å². The number of halogens is 1. The molecule has 2 rings (SSSR count). The van der Waals surface area contributed by atoms with Crippen LogP contribution in [0.2, 0.25) is 5.02 Å². The van der Waals surface area contributed by atoms with Gasteiger partial charge in [-0.3, -0.25) is 9.59 Å². The van der Waals surface area contributed by atoms with E-state index in [1.165, 1.54) is 6.92 Å². The molecule has 2 atom stereocenters. The molecule has 150 valence electrons. The first-order chi connectivity index (χ1) is 12.6. The molecule has 1 aliphatic rings. The Morgan fingerprint density at radius 3 is 2.52 bits per heavy atom. The van der Waals surface area contributed by atoms with Crippen molar-refractivity contribution in [3.05, 3.63) is 28.8 Å². The van der Waals surface area contributed by atoms with Crippen LogP contribution in [0.1, 0.15) is 65.4 Å². The van der Waals surface area contributed by atoms with Gasteiger partial charge in [0.15, 0.2) is 0 Å². The van der Waals surface area contributed by atoms with Crippen LogP contribution in [0.3, 0.4) is 0 Å². The van der Waals surface area contributed by atoms with Crippen LogP contribution < -0.4 is 11.1 Å². The van der Waals surface area contributed by atoms with E-state index in [9.17, 15) is 9.59 Å². The molecule has 0 radical (unpaired) electrons. The molecule has 0 saturated heterocycles. The average molecular weight is 394 g/mol. The molecule has 2 unspecified atom stereocenters. The van der Waals surface area contributed by atoms with E-state index in [0.717, 1.165) is 31.2 Å². The third kappa shape index (κ3) is 6.51. The summed E-state index contributed by atoms with van der Waals surface area (Å²) in [7, 11) is 0. The van der Waals surface area contributed by atoms with Crippen molar-refractivity contribution in [2.24, 2.45) is 11.1 Å². The van der Waals surface area contributed by atoms with Crippen molar-refractivity contribution in [3.8, 4) is 0 Å². The molecule has 0 aromatic heterocycles. The normalized spacial score (nSPS) is 20.2. The quantitative estimate of drug-likeness (QED) is 0.781. The summed E-state index contributed by atoms with van der Waals surface area (Å²) in [6, 6.07) is 5.38. The van der Waals surface area contributed by atoms with E-state index in [1.54, 1.807) is 12.1 Å². The zero-order valence-electron chi connectivity index (χ0n) is 16.8. The smallest absolute Gasteiger partial charge is 0.223 e. The van der Waals surface area contributed by atoms with Crippen molar-refractivity contribution >= 4 is 29.1 Å². The maximum atomic E-state index is 13.1. The fourth-order valence-electron chi connectivity index (χ4n) is 3.63. The first kappa shape index (κ1) is 21.7. The molecule has 0 aliphatic heterocycles. The van der Waals surface area contributed by atoms with Gasteiger partial charge < -0.3 is 16.0 Å². The lowest BCUT2D eigenvalue weighted by Crippen LogP contribution is -2.52. The van der Waals surface area contributed by atoms with Gasteiger partial charge in [0.2, 0.25) is 11.8 Å². The number of benzene rings is 1. The Morgan fingerprint density at radius 2 is 1.93 bits per heavy atom. The minimum atomic E-state index is -0.141. The Hall–Kier alpha value is -1.59. The Bertz CT molecular complexity index is 684. The second-order valence-corrected chi connectivity index (χ2v) is 9.17. The van der Waals surface area contributed by atoms with Gasteiger partial charge in [0.1, 0.15) is 0 Å². The fourth-order valence-corrected chi connectivity index (χ4v) is 3.81. The second kappa shape index (κ2) is 9.07. The summed E-state index contributed by atoms with van der Waals surface area (Å²) >= 11 is 6.41. The summed E-state index contributed by atoms with van der Waals surface area (Å²) < 4.78 is 0. The number of nitrogens with one attached hydrogen (secondary N) is 1. The number of hydrogen-bond acceptors (Lipinski definition) is 3. The van der Waals surface area contributed by atoms with Gasteiger partial charge >= 0.3 is 0 Å². The summed E-state index contributed by atoms with van der Waals surface area (Å²) in [5, 5.41) is 3.36. The molecule has 1 aromatic carbocycles. The Morgan fingerprint density at radius 1 is 1.26 bits per heavy atom. The number of hydrogen-bond donors (Lipinski definition) is 2. The Labute approximate surface area is 167 Å². The third-order valence-electron chi connectivity index (χ3n) is 4.89. The van der Waals surface area contributed by atoms with Gasteiger partial charge in [-0.1, -0.05) is 45.2 Å². The van der Waals surface area contributed by atoms with Crippen molar-refractivity contribution in [3.63, 3.8) is 0 Å². The molecule has 1 saturated carbocycles. The van der Waals surface area contributed by atoms with Crippen LogP contribution in [0.25, 0.3) is 0 Å². The summed E-state index contributed by atoms with van der Waals surface area (Å²) in [6.45, 7) is 8.06. The highest BCUT2D eigenvalue weighted by molar-refractivity contribution is 6.31. The zero-order valence-corrected chi connectivity index (χ0v) is 17.6. The van der Waals surface area contributed by atoms with E-state index >= 15 is 0 Å². The monoisotopic (exact) mass is 393 g/mol. The number of carbonyl (C=O) groups is 2. The number of amides is 2. The average Bonchev–Trinajstić information content (AvgIpc) is 2.54. The van der Waals surface area contributed by atoms with E-state index in [4.69, 9.17) is 17.3 Å². The SMILES string of the molecule is CC(=O)Nc1ccc(Cl)c(CN(C(=O)CC(C)(C)C)C2CCCCC2N)c1. The predicted molar refractivity (Wildman–Crippen MR) is 111 cm³/mol. The highest BCUT2D eigenvalue weighted by Gasteiger charge is 2.32. The molecule has 1 aliphatic carbocycles. The first-order valence-electron chi connectivity index (χ1n) is 9.68. The van der Waals surface area contributed by atoms with E-state index in [-0.39, 0.29) is 29.3 Å². The largest absolute Gasteiger partial charge is 0.334 e. The van der Waals surface area contributed by atoms with Gasteiger partial charge in [-0.25, -0.2) is 0 Å². The first-order valence-corrected chi connectivity index (χ1v) is 10.1. The number of rotatable bonds is 5. The zero-order chi connectivity index (χ0) is 20.2. The molecule has 1 fully saturated rings. The van der Waals surface area contributed by atoms with Crippen LogP contribution in [0.15, 0.2) is 18.2 Å². The van der Waals surface area contributed by atoms with Gasteiger partial charge in [0.25, 0.3) is 0 Å². The fraction of sp³-hybridized carbons (Fsp3) is 0.619. The lowest BCUT2D eigenvalue weighted by molar-refractivity contribution is -0.137. The van der Waals surface area contributed by atoms with Crippen LogP contribution in [0.4, 0.5) is 5.69 Å². The van der Waals surface area contributed by atoms with E-state index in [2.05, 4.69) is 26.1 Å². The lowest BCUT2D eigenvalue weighted by Gasteiger charge is -2.39. The highest BCUT2D eigenvalue weighted by atomic mass is 35.5. The number of nitrogens with zero attached hydrogens (tertiary/aromatic N) is 1. The number of nitrogens with two attached hydrogens (primary N) is 1. The maximum Gasteiger partial charge on any atom is 0.223 e. The molecule has 0 spiro atoms. The molecule has 1 aromatic rings. The topological polar surface area (TPSA) is 75.4 Å². The van der Waals surface area contributed by atoms with Crippen LogP contribution in [0, 0.1) is 5.41 Å². The molecular weight excluding hydrogens is 362 g/mol. The van der Waals surface area contributed by atoms with Gasteiger partial charge in [-0.05, 0) is 42.0 Å². The molecule has 5 nitrogen and oxygen atoms in total. The van der Waals surface area contributed by atoms with Crippen LogP contribution in [0.5, 0.6) is 0 Å². The Kier molecular flexibility index (Phi) is 7.29. The second-order valence-electron chi connectivity index (χ2n) is 8.76. The summed E-state index contributed by atoms with van der Waals surface area (Å²) in [5.74, 6) is -0.0379. The van der Waals surface area contributed by atoms with Crippen LogP contribution in [-0.4, -0.2) is 28.8 Å². The summed E-state index contributed by atoms with van der Waals surface area (Å²) in [5.41, 5.74) is 7.78. The molecule has 0 heterocycles. The van der Waals surface area contributed by atoms with E-state index < -0.39 is 0 Å². The summed E-state index contributed by atoms with van der Waals surface area (Å²) in [6.07, 6.45) is 4.50. The highest BCUT2D eigenvalue weighted by Crippen LogP contribution is 2.30. The molecule has 27 heavy (non-hydrogen) atoms. The van der Waals surface area contributed by atoms with E-state index in [1.807, 2.05) is 11.0 Å². The lowest BCUT2D eigenvalue weighted by atomic mass is 9.87. The standard InChI is InChI=1S/C21H32ClN3O2/c1-14(26)24-16-9-10-17(22)15(11-16)13-25(20(27)12-21(2,3)4)19-8-6-5-7-18(19)23/h9-11,18-19H,5-8,12-13,23H2,1-4H3,(H,24,26). The van der Waals surface area contributed by atoms with Crippen LogP contribution in [-0.2, 0) is 16.1 Å². The van der Waals surface area contributed by atoms with Crippen molar-refractivity contribution in [1.29, 1.82) is 0 Å². The minimum Gasteiger partial charge on any atom is -0.334 e. The van der Waals surface area contributed by atoms with Crippen molar-refractivity contribution in [1.82, 2.24) is 4.90 Å². The summed E-state index contributed by atoms with van der Waals surface area (Å²) in [4.78, 5) is 26.4. The molecular formula is C21H32ClN3O2. The molecule has 2 amide bonds. The van der Waals surface area contributed by atoms with Crippen LogP contribution >= 0.6 is 11.6 Å². The van der Waals surface area contributed by atoms with Gasteiger partial charge in [0.05, 0.1) is 0 Å².